The molecule has 1 aromatic carbocycles. The Morgan fingerprint density at radius 1 is 1.14 bits per heavy atom. The summed E-state index contributed by atoms with van der Waals surface area (Å²) >= 11 is 7.49. The summed E-state index contributed by atoms with van der Waals surface area (Å²) in [6.45, 7) is 7.27. The molecule has 0 amide bonds. The SMILES string of the molecule is Cc1cc(C)c(C(=O)CN(C)Cc2ccc(Cl)s2)cc1C. The standard InChI is InChI=1S/C17H20ClNOS/c1-11-7-13(3)15(8-12(11)2)16(20)10-19(4)9-14-5-6-17(18)21-14/h5-8H,9-10H2,1-4H3. The third-order valence-corrected chi connectivity index (χ3v) is 4.83. The van der Waals surface area contributed by atoms with E-state index in [1.165, 1.54) is 10.4 Å². The third kappa shape index (κ3) is 4.16. The number of rotatable bonds is 5. The Bertz CT molecular complexity index is 663. The van der Waals surface area contributed by atoms with Gasteiger partial charge in [-0.3, -0.25) is 9.69 Å². The second-order valence-electron chi connectivity index (χ2n) is 5.55. The van der Waals surface area contributed by atoms with Crippen LogP contribution in [0.25, 0.3) is 0 Å². The van der Waals surface area contributed by atoms with E-state index in [0.29, 0.717) is 6.54 Å². The molecule has 1 aromatic heterocycles. The molecule has 0 aliphatic rings. The van der Waals surface area contributed by atoms with Gasteiger partial charge in [0, 0.05) is 17.0 Å². The van der Waals surface area contributed by atoms with E-state index < -0.39 is 0 Å². The van der Waals surface area contributed by atoms with Crippen LogP contribution in [0.15, 0.2) is 24.3 Å². The van der Waals surface area contributed by atoms with Crippen molar-refractivity contribution in [3.05, 3.63) is 55.7 Å². The first-order valence-corrected chi connectivity index (χ1v) is 8.10. The van der Waals surface area contributed by atoms with Gasteiger partial charge >= 0.3 is 0 Å². The molecule has 2 nitrogen and oxygen atoms in total. The zero-order valence-corrected chi connectivity index (χ0v) is 14.4. The molecule has 2 aromatic rings. The number of ketones is 1. The minimum atomic E-state index is 0.167. The van der Waals surface area contributed by atoms with Crippen LogP contribution in [0.5, 0.6) is 0 Å². The summed E-state index contributed by atoms with van der Waals surface area (Å²) in [6.07, 6.45) is 0. The summed E-state index contributed by atoms with van der Waals surface area (Å²) in [4.78, 5) is 15.7. The van der Waals surface area contributed by atoms with Crippen molar-refractivity contribution in [3.8, 4) is 0 Å². The van der Waals surface area contributed by atoms with Gasteiger partial charge in [-0.2, -0.15) is 0 Å². The van der Waals surface area contributed by atoms with Gasteiger partial charge < -0.3 is 0 Å². The van der Waals surface area contributed by atoms with Crippen molar-refractivity contribution < 1.29 is 4.79 Å². The molecule has 0 unspecified atom stereocenters. The highest BCUT2D eigenvalue weighted by atomic mass is 35.5. The van der Waals surface area contributed by atoms with E-state index in [4.69, 9.17) is 11.6 Å². The molecule has 0 aliphatic carbocycles. The van der Waals surface area contributed by atoms with E-state index in [2.05, 4.69) is 13.0 Å². The molecule has 1 heterocycles. The van der Waals surface area contributed by atoms with Gasteiger partial charge in [0.2, 0.25) is 0 Å². The van der Waals surface area contributed by atoms with Crippen molar-refractivity contribution in [3.63, 3.8) is 0 Å². The molecule has 2 rings (SSSR count). The van der Waals surface area contributed by atoms with Gasteiger partial charge in [-0.25, -0.2) is 0 Å². The number of nitrogens with zero attached hydrogens (tertiary/aromatic N) is 1. The number of hydrogen-bond donors (Lipinski definition) is 0. The van der Waals surface area contributed by atoms with Gasteiger partial charge in [0.1, 0.15) is 0 Å². The van der Waals surface area contributed by atoms with E-state index in [9.17, 15) is 4.79 Å². The summed E-state index contributed by atoms with van der Waals surface area (Å²) < 4.78 is 0.787. The van der Waals surface area contributed by atoms with Crippen LogP contribution in [-0.4, -0.2) is 24.3 Å². The molecule has 21 heavy (non-hydrogen) atoms. The highest BCUT2D eigenvalue weighted by molar-refractivity contribution is 7.16. The Labute approximate surface area is 135 Å². The van der Waals surface area contributed by atoms with E-state index in [-0.39, 0.29) is 5.78 Å². The van der Waals surface area contributed by atoms with Gasteiger partial charge in [0.15, 0.2) is 5.78 Å². The number of hydrogen-bond acceptors (Lipinski definition) is 3. The van der Waals surface area contributed by atoms with Crippen molar-refractivity contribution in [2.45, 2.75) is 27.3 Å². The fourth-order valence-corrected chi connectivity index (χ4v) is 3.52. The number of carbonyl (C=O) groups is 1. The largest absolute Gasteiger partial charge is 0.294 e. The van der Waals surface area contributed by atoms with E-state index in [1.807, 2.05) is 44.0 Å². The Morgan fingerprint density at radius 2 is 1.81 bits per heavy atom. The average Bonchev–Trinajstić information content (AvgIpc) is 2.78. The number of benzene rings is 1. The molecule has 0 saturated heterocycles. The lowest BCUT2D eigenvalue weighted by Gasteiger charge is -2.16. The topological polar surface area (TPSA) is 20.3 Å². The van der Waals surface area contributed by atoms with Crippen LogP contribution in [0.4, 0.5) is 0 Å². The fourth-order valence-electron chi connectivity index (χ4n) is 2.35. The highest BCUT2D eigenvalue weighted by Crippen LogP contribution is 2.22. The third-order valence-electron chi connectivity index (χ3n) is 3.61. The molecule has 4 heteroatoms. The van der Waals surface area contributed by atoms with Crippen LogP contribution in [-0.2, 0) is 6.54 Å². The van der Waals surface area contributed by atoms with E-state index in [0.717, 1.165) is 27.6 Å². The summed E-state index contributed by atoms with van der Waals surface area (Å²) in [6, 6.07) is 7.99. The van der Waals surface area contributed by atoms with E-state index >= 15 is 0 Å². The lowest BCUT2D eigenvalue weighted by Crippen LogP contribution is -2.25. The number of halogens is 1. The van der Waals surface area contributed by atoms with Crippen molar-refractivity contribution in [1.82, 2.24) is 4.90 Å². The van der Waals surface area contributed by atoms with Crippen molar-refractivity contribution in [2.24, 2.45) is 0 Å². The number of aryl methyl sites for hydroxylation is 3. The number of Topliss-reactive ketones (excluding diaryl/α,β-unsaturated/α-hetero) is 1. The Balaban J connectivity index is 2.05. The monoisotopic (exact) mass is 321 g/mol. The van der Waals surface area contributed by atoms with Crippen LogP contribution in [0.1, 0.15) is 31.9 Å². The summed E-state index contributed by atoms with van der Waals surface area (Å²) in [7, 11) is 1.96. The molecule has 0 saturated carbocycles. The van der Waals surface area contributed by atoms with Crippen molar-refractivity contribution in [1.29, 1.82) is 0 Å². The zero-order chi connectivity index (χ0) is 15.6. The molecule has 112 valence electrons. The van der Waals surface area contributed by atoms with Gasteiger partial charge in [-0.1, -0.05) is 17.7 Å². The maximum absolute atomic E-state index is 12.5. The molecular formula is C17H20ClNOS. The van der Waals surface area contributed by atoms with Gasteiger partial charge in [0.05, 0.1) is 10.9 Å². The van der Waals surface area contributed by atoms with Gasteiger partial charge in [-0.15, -0.1) is 11.3 Å². The first-order valence-electron chi connectivity index (χ1n) is 6.90. The Kier molecular flexibility index (Phi) is 5.20. The average molecular weight is 322 g/mol. The number of thiophene rings is 1. The van der Waals surface area contributed by atoms with Gasteiger partial charge in [-0.05, 0) is 62.7 Å². The molecule has 0 spiro atoms. The Morgan fingerprint density at radius 3 is 2.43 bits per heavy atom. The van der Waals surface area contributed by atoms with E-state index in [1.54, 1.807) is 11.3 Å². The predicted molar refractivity (Wildman–Crippen MR) is 90.6 cm³/mol. The fraction of sp³-hybridized carbons (Fsp3) is 0.353. The van der Waals surface area contributed by atoms with Crippen LogP contribution in [0, 0.1) is 20.8 Å². The number of likely N-dealkylation sites (N-methyl/N-ethyl adjacent to an activating group) is 1. The first-order chi connectivity index (χ1) is 9.86. The summed E-state index contributed by atoms with van der Waals surface area (Å²) in [5, 5.41) is 0. The lowest BCUT2D eigenvalue weighted by atomic mass is 9.98. The number of carbonyl (C=O) groups excluding carboxylic acids is 1. The molecule has 0 atom stereocenters. The molecular weight excluding hydrogens is 302 g/mol. The first kappa shape index (κ1) is 16.2. The highest BCUT2D eigenvalue weighted by Gasteiger charge is 2.14. The van der Waals surface area contributed by atoms with Crippen molar-refractivity contribution >= 4 is 28.7 Å². The molecule has 0 N–H and O–H groups in total. The van der Waals surface area contributed by atoms with Crippen LogP contribution >= 0.6 is 22.9 Å². The maximum atomic E-state index is 12.5. The van der Waals surface area contributed by atoms with Crippen LogP contribution in [0.2, 0.25) is 4.34 Å². The molecule has 0 radical (unpaired) electrons. The molecule has 0 aliphatic heterocycles. The van der Waals surface area contributed by atoms with Gasteiger partial charge in [0.25, 0.3) is 0 Å². The summed E-state index contributed by atoms with van der Waals surface area (Å²) in [5.41, 5.74) is 4.27. The lowest BCUT2D eigenvalue weighted by molar-refractivity contribution is 0.0943. The molecule has 0 fully saturated rings. The Hall–Kier alpha value is -1.16. The second-order valence-corrected chi connectivity index (χ2v) is 7.35. The zero-order valence-electron chi connectivity index (χ0n) is 12.9. The van der Waals surface area contributed by atoms with Crippen LogP contribution in [0.3, 0.4) is 0 Å². The second kappa shape index (κ2) is 6.73. The van der Waals surface area contributed by atoms with Crippen LogP contribution < -0.4 is 0 Å². The minimum absolute atomic E-state index is 0.167. The minimum Gasteiger partial charge on any atom is -0.294 e. The normalized spacial score (nSPS) is 11.1. The predicted octanol–water partition coefficient (Wildman–Crippen LogP) is 4.64. The van der Waals surface area contributed by atoms with Crippen molar-refractivity contribution in [2.75, 3.05) is 13.6 Å². The quantitative estimate of drug-likeness (QED) is 0.748. The summed E-state index contributed by atoms with van der Waals surface area (Å²) in [5.74, 6) is 0.167. The maximum Gasteiger partial charge on any atom is 0.177 e. The smallest absolute Gasteiger partial charge is 0.177 e. The molecule has 0 bridgehead atoms.